The number of nitrogens with zero attached hydrogens (tertiary/aromatic N) is 1. The zero-order valence-electron chi connectivity index (χ0n) is 14.2. The van der Waals surface area contributed by atoms with E-state index in [1.54, 1.807) is 18.3 Å². The molecule has 0 saturated carbocycles. The van der Waals surface area contributed by atoms with E-state index in [-0.39, 0.29) is 5.78 Å². The predicted molar refractivity (Wildman–Crippen MR) is 98.7 cm³/mol. The number of rotatable bonds is 7. The summed E-state index contributed by atoms with van der Waals surface area (Å²) in [6.45, 7) is 5.32. The minimum absolute atomic E-state index is 0.159. The van der Waals surface area contributed by atoms with Crippen molar-refractivity contribution in [1.29, 1.82) is 0 Å². The Kier molecular flexibility index (Phi) is 6.18. The number of aryl methyl sites for hydroxylation is 1. The quantitative estimate of drug-likeness (QED) is 0.707. The van der Waals surface area contributed by atoms with Crippen LogP contribution in [0.15, 0.2) is 41.8 Å². The van der Waals surface area contributed by atoms with E-state index in [4.69, 9.17) is 4.74 Å². The zero-order chi connectivity index (χ0) is 16.8. The first kappa shape index (κ1) is 17.3. The third-order valence-corrected chi connectivity index (χ3v) is 5.54. The lowest BCUT2D eigenvalue weighted by Gasteiger charge is -2.32. The van der Waals surface area contributed by atoms with Gasteiger partial charge >= 0.3 is 0 Å². The number of carbonyl (C=O) groups is 1. The lowest BCUT2D eigenvalue weighted by molar-refractivity contribution is -0.0354. The Hall–Kier alpha value is -1.49. The Bertz CT molecular complexity index is 653. The van der Waals surface area contributed by atoms with E-state index < -0.39 is 0 Å². The van der Waals surface area contributed by atoms with Crippen LogP contribution in [0.3, 0.4) is 0 Å². The van der Waals surface area contributed by atoms with Crippen LogP contribution in [0.4, 0.5) is 0 Å². The molecule has 2 heterocycles. The van der Waals surface area contributed by atoms with Gasteiger partial charge in [0, 0.05) is 19.6 Å². The molecule has 0 unspecified atom stereocenters. The van der Waals surface area contributed by atoms with Crippen molar-refractivity contribution in [1.82, 2.24) is 4.90 Å². The van der Waals surface area contributed by atoms with E-state index in [0.29, 0.717) is 6.10 Å². The van der Waals surface area contributed by atoms with Crippen molar-refractivity contribution < 1.29 is 9.53 Å². The van der Waals surface area contributed by atoms with Gasteiger partial charge < -0.3 is 4.74 Å². The lowest BCUT2D eigenvalue weighted by atomic mass is 10.0. The van der Waals surface area contributed by atoms with Gasteiger partial charge in [-0.2, -0.15) is 0 Å². The highest BCUT2D eigenvalue weighted by Crippen LogP contribution is 2.19. The molecular weight excluding hydrogens is 318 g/mol. The van der Waals surface area contributed by atoms with Crippen LogP contribution in [0, 0.1) is 0 Å². The van der Waals surface area contributed by atoms with Crippen LogP contribution in [-0.2, 0) is 17.7 Å². The van der Waals surface area contributed by atoms with Crippen molar-refractivity contribution >= 4 is 17.1 Å². The average molecular weight is 343 g/mol. The van der Waals surface area contributed by atoms with Gasteiger partial charge in [0.25, 0.3) is 0 Å². The molecule has 3 nitrogen and oxygen atoms in total. The lowest BCUT2D eigenvalue weighted by Crippen LogP contribution is -2.41. The molecule has 2 aromatic rings. The topological polar surface area (TPSA) is 29.5 Å². The van der Waals surface area contributed by atoms with Crippen molar-refractivity contribution in [2.24, 2.45) is 0 Å². The fourth-order valence-corrected chi connectivity index (χ4v) is 3.98. The second kappa shape index (κ2) is 8.56. The molecule has 1 aromatic carbocycles. The Balaban J connectivity index is 1.44. The maximum atomic E-state index is 11.4. The molecule has 1 saturated heterocycles. The summed E-state index contributed by atoms with van der Waals surface area (Å²) in [7, 11) is 0. The normalized spacial score (nSPS) is 18.6. The Morgan fingerprint density at radius 1 is 1.29 bits per heavy atom. The third-order valence-electron chi connectivity index (χ3n) is 4.46. The SMILES string of the molecule is CC(=O)c1cc(CN2CCO[C@@H](CCCc3ccccc3)C2)cs1. The monoisotopic (exact) mass is 343 g/mol. The molecule has 3 rings (SSSR count). The van der Waals surface area contributed by atoms with Crippen molar-refractivity contribution in [3.8, 4) is 0 Å². The number of ether oxygens (including phenoxy) is 1. The summed E-state index contributed by atoms with van der Waals surface area (Å²) in [5, 5.41) is 2.11. The highest BCUT2D eigenvalue weighted by molar-refractivity contribution is 7.12. The molecular formula is C20H25NO2S. The molecule has 0 aliphatic carbocycles. The predicted octanol–water partition coefficient (Wildman–Crippen LogP) is 4.17. The summed E-state index contributed by atoms with van der Waals surface area (Å²) in [5.41, 5.74) is 2.65. The van der Waals surface area contributed by atoms with Crippen molar-refractivity contribution in [3.63, 3.8) is 0 Å². The van der Waals surface area contributed by atoms with Crippen LogP contribution in [-0.4, -0.2) is 36.5 Å². The van der Waals surface area contributed by atoms with Crippen LogP contribution in [0.1, 0.15) is 40.6 Å². The van der Waals surface area contributed by atoms with Crippen molar-refractivity contribution in [2.45, 2.75) is 38.8 Å². The summed E-state index contributed by atoms with van der Waals surface area (Å²) in [5.74, 6) is 0.159. The van der Waals surface area contributed by atoms with E-state index in [1.165, 1.54) is 11.1 Å². The standard InChI is InChI=1S/C20H25NO2S/c1-16(22)20-12-18(15-24-20)13-21-10-11-23-19(14-21)9-5-8-17-6-3-2-4-7-17/h2-4,6-7,12,15,19H,5,8-11,13-14H2,1H3/t19-/m0/s1. The third kappa shape index (κ3) is 5.00. The Labute approximate surface area is 148 Å². The van der Waals surface area contributed by atoms with E-state index in [2.05, 4.69) is 40.6 Å². The largest absolute Gasteiger partial charge is 0.376 e. The molecule has 0 spiro atoms. The molecule has 128 valence electrons. The summed E-state index contributed by atoms with van der Waals surface area (Å²) < 4.78 is 5.93. The zero-order valence-corrected chi connectivity index (χ0v) is 15.1. The maximum absolute atomic E-state index is 11.4. The van der Waals surface area contributed by atoms with Gasteiger partial charge in [0.05, 0.1) is 17.6 Å². The number of Topliss-reactive ketones (excluding diaryl/α,β-unsaturated/α-hetero) is 1. The summed E-state index contributed by atoms with van der Waals surface area (Å²) in [6, 6.07) is 12.7. The van der Waals surface area contributed by atoms with Crippen LogP contribution < -0.4 is 0 Å². The number of ketones is 1. The first-order chi connectivity index (χ1) is 11.7. The highest BCUT2D eigenvalue weighted by atomic mass is 32.1. The molecule has 1 aliphatic rings. The number of carbonyl (C=O) groups excluding carboxylic acids is 1. The fourth-order valence-electron chi connectivity index (χ4n) is 3.18. The second-order valence-corrected chi connectivity index (χ2v) is 7.39. The van der Waals surface area contributed by atoms with Crippen LogP contribution >= 0.6 is 11.3 Å². The van der Waals surface area contributed by atoms with Crippen LogP contribution in [0.5, 0.6) is 0 Å². The highest BCUT2D eigenvalue weighted by Gasteiger charge is 2.20. The molecule has 1 fully saturated rings. The smallest absolute Gasteiger partial charge is 0.169 e. The van der Waals surface area contributed by atoms with Crippen molar-refractivity contribution in [2.75, 3.05) is 19.7 Å². The number of thiophene rings is 1. The summed E-state index contributed by atoms with van der Waals surface area (Å²) >= 11 is 1.55. The van der Waals surface area contributed by atoms with Crippen LogP contribution in [0.25, 0.3) is 0 Å². The molecule has 1 aromatic heterocycles. The summed E-state index contributed by atoms with van der Waals surface area (Å²) in [6.07, 6.45) is 3.71. The number of hydrogen-bond acceptors (Lipinski definition) is 4. The molecule has 0 N–H and O–H groups in total. The van der Waals surface area contributed by atoms with Gasteiger partial charge in [-0.15, -0.1) is 11.3 Å². The molecule has 24 heavy (non-hydrogen) atoms. The van der Waals surface area contributed by atoms with Crippen molar-refractivity contribution in [3.05, 3.63) is 57.8 Å². The number of benzene rings is 1. The van der Waals surface area contributed by atoms with Gasteiger partial charge in [-0.25, -0.2) is 0 Å². The van der Waals surface area contributed by atoms with Gasteiger partial charge in [0.15, 0.2) is 5.78 Å². The number of morpholine rings is 1. The first-order valence-corrected chi connectivity index (χ1v) is 9.55. The van der Waals surface area contributed by atoms with Gasteiger partial charge in [-0.05, 0) is 48.8 Å². The van der Waals surface area contributed by atoms with E-state index >= 15 is 0 Å². The van der Waals surface area contributed by atoms with E-state index in [0.717, 1.165) is 50.4 Å². The minimum atomic E-state index is 0.159. The molecule has 1 atom stereocenters. The fraction of sp³-hybridized carbons (Fsp3) is 0.450. The Morgan fingerprint density at radius 2 is 2.12 bits per heavy atom. The number of hydrogen-bond donors (Lipinski definition) is 0. The van der Waals surface area contributed by atoms with Gasteiger partial charge in [0.1, 0.15) is 0 Å². The van der Waals surface area contributed by atoms with E-state index in [1.807, 2.05) is 6.07 Å². The maximum Gasteiger partial charge on any atom is 0.169 e. The minimum Gasteiger partial charge on any atom is -0.376 e. The first-order valence-electron chi connectivity index (χ1n) is 8.67. The van der Waals surface area contributed by atoms with Gasteiger partial charge in [-0.1, -0.05) is 30.3 Å². The summed E-state index contributed by atoms with van der Waals surface area (Å²) in [4.78, 5) is 14.7. The second-order valence-electron chi connectivity index (χ2n) is 6.48. The molecule has 1 aliphatic heterocycles. The average Bonchev–Trinajstić information content (AvgIpc) is 3.05. The van der Waals surface area contributed by atoms with E-state index in [9.17, 15) is 4.79 Å². The molecule has 0 bridgehead atoms. The van der Waals surface area contributed by atoms with Gasteiger partial charge in [0.2, 0.25) is 0 Å². The molecule has 0 amide bonds. The Morgan fingerprint density at radius 3 is 2.88 bits per heavy atom. The van der Waals surface area contributed by atoms with Gasteiger partial charge in [-0.3, -0.25) is 9.69 Å². The van der Waals surface area contributed by atoms with Crippen LogP contribution in [0.2, 0.25) is 0 Å². The molecule has 0 radical (unpaired) electrons. The molecule has 4 heteroatoms.